The Balaban J connectivity index is 2.33. The van der Waals surface area contributed by atoms with Crippen LogP contribution in [0.1, 0.15) is 11.4 Å². The van der Waals surface area contributed by atoms with Crippen LogP contribution in [0.5, 0.6) is 5.88 Å². The lowest BCUT2D eigenvalue weighted by Gasteiger charge is -1.97. The van der Waals surface area contributed by atoms with E-state index in [4.69, 9.17) is 0 Å². The van der Waals surface area contributed by atoms with E-state index in [2.05, 4.69) is 9.97 Å². The molecule has 1 aromatic carbocycles. The third-order valence-electron chi connectivity index (χ3n) is 2.38. The molecule has 2 rings (SSSR count). The largest absolute Gasteiger partial charge is 0.488 e. The molecule has 102 valence electrons. The predicted octanol–water partition coefficient (Wildman–Crippen LogP) is 1.69. The average Bonchev–Trinajstić information content (AvgIpc) is 2.37. The van der Waals surface area contributed by atoms with Gasteiger partial charge in [-0.3, -0.25) is 14.9 Å². The first kappa shape index (κ1) is 13.4. The Morgan fingerprint density at radius 1 is 1.30 bits per heavy atom. The molecule has 0 radical (unpaired) electrons. The number of nitrogens with one attached hydrogen (secondary N) is 1. The quantitative estimate of drug-likeness (QED) is 0.655. The van der Waals surface area contributed by atoms with Gasteiger partial charge in [-0.1, -0.05) is 18.2 Å². The summed E-state index contributed by atoms with van der Waals surface area (Å²) >= 11 is 0. The number of aromatic amines is 1. The molecule has 2 N–H and O–H groups in total. The standard InChI is InChI=1S/C12H8FN3O4/c13-8-4-1-7(2-5-8)3-6-9-14-11(17)10(16(19)20)12(18)15-9/h1-6H,(H2,14,15,17,18)/b6-3-. The van der Waals surface area contributed by atoms with E-state index < -0.39 is 22.0 Å². The van der Waals surface area contributed by atoms with Crippen LogP contribution in [0.25, 0.3) is 12.2 Å². The van der Waals surface area contributed by atoms with Crippen molar-refractivity contribution in [1.29, 1.82) is 0 Å². The summed E-state index contributed by atoms with van der Waals surface area (Å²) in [5.74, 6) is -1.40. The van der Waals surface area contributed by atoms with Crippen molar-refractivity contribution in [2.45, 2.75) is 0 Å². The van der Waals surface area contributed by atoms with E-state index in [1.165, 1.54) is 36.4 Å². The number of aromatic nitrogens is 2. The maximum absolute atomic E-state index is 12.7. The van der Waals surface area contributed by atoms with Gasteiger partial charge in [0.05, 0.1) is 4.92 Å². The summed E-state index contributed by atoms with van der Waals surface area (Å²) in [6.07, 6.45) is 2.83. The maximum atomic E-state index is 12.7. The van der Waals surface area contributed by atoms with Crippen LogP contribution in [-0.2, 0) is 0 Å². The molecule has 1 aromatic heterocycles. The fourth-order valence-corrected chi connectivity index (χ4v) is 1.46. The molecule has 0 spiro atoms. The van der Waals surface area contributed by atoms with Crippen LogP contribution in [0.3, 0.4) is 0 Å². The van der Waals surface area contributed by atoms with E-state index in [1.54, 1.807) is 0 Å². The van der Waals surface area contributed by atoms with Gasteiger partial charge in [0.25, 0.3) is 5.88 Å². The van der Waals surface area contributed by atoms with Crippen molar-refractivity contribution >= 4 is 17.8 Å². The monoisotopic (exact) mass is 277 g/mol. The van der Waals surface area contributed by atoms with Crippen molar-refractivity contribution in [2.24, 2.45) is 0 Å². The molecule has 0 aliphatic rings. The Labute approximate surface area is 111 Å². The number of hydrogen-bond acceptors (Lipinski definition) is 5. The highest BCUT2D eigenvalue weighted by Crippen LogP contribution is 2.17. The smallest absolute Gasteiger partial charge is 0.395 e. The molecule has 2 aromatic rings. The number of benzene rings is 1. The zero-order chi connectivity index (χ0) is 14.7. The number of nitro groups is 1. The Morgan fingerprint density at radius 3 is 2.50 bits per heavy atom. The number of H-pyrrole nitrogens is 1. The number of halogens is 1. The molecule has 0 unspecified atom stereocenters. The number of rotatable bonds is 3. The van der Waals surface area contributed by atoms with Gasteiger partial charge in [-0.05, 0) is 23.8 Å². The van der Waals surface area contributed by atoms with Crippen LogP contribution < -0.4 is 5.56 Å². The van der Waals surface area contributed by atoms with Crippen LogP contribution in [0.2, 0.25) is 0 Å². The minimum atomic E-state index is -1.05. The van der Waals surface area contributed by atoms with Gasteiger partial charge < -0.3 is 10.1 Å². The van der Waals surface area contributed by atoms with E-state index in [-0.39, 0.29) is 11.6 Å². The molecule has 20 heavy (non-hydrogen) atoms. The van der Waals surface area contributed by atoms with Crippen molar-refractivity contribution in [3.63, 3.8) is 0 Å². The van der Waals surface area contributed by atoms with Crippen molar-refractivity contribution in [1.82, 2.24) is 9.97 Å². The van der Waals surface area contributed by atoms with Crippen LogP contribution in [-0.4, -0.2) is 20.0 Å². The molecule has 0 saturated heterocycles. The Morgan fingerprint density at radius 2 is 1.95 bits per heavy atom. The van der Waals surface area contributed by atoms with Gasteiger partial charge in [0.2, 0.25) is 0 Å². The van der Waals surface area contributed by atoms with E-state index in [0.29, 0.717) is 5.56 Å². The molecule has 1 heterocycles. The number of aromatic hydroxyl groups is 1. The van der Waals surface area contributed by atoms with Crippen LogP contribution in [0.15, 0.2) is 29.1 Å². The zero-order valence-corrected chi connectivity index (χ0v) is 9.91. The summed E-state index contributed by atoms with van der Waals surface area (Å²) in [7, 11) is 0. The topological polar surface area (TPSA) is 109 Å². The van der Waals surface area contributed by atoms with Gasteiger partial charge in [0, 0.05) is 0 Å². The van der Waals surface area contributed by atoms with Gasteiger partial charge in [-0.25, -0.2) is 4.39 Å². The number of hydrogen-bond donors (Lipinski definition) is 2. The van der Waals surface area contributed by atoms with Gasteiger partial charge >= 0.3 is 11.2 Å². The summed E-state index contributed by atoms with van der Waals surface area (Å²) in [6, 6.07) is 5.50. The number of nitrogens with zero attached hydrogens (tertiary/aromatic N) is 2. The minimum absolute atomic E-state index is 0.0533. The molecule has 0 amide bonds. The van der Waals surface area contributed by atoms with Crippen molar-refractivity contribution in [3.05, 3.63) is 61.9 Å². The fourth-order valence-electron chi connectivity index (χ4n) is 1.46. The molecular weight excluding hydrogens is 269 g/mol. The van der Waals surface area contributed by atoms with E-state index >= 15 is 0 Å². The highest BCUT2D eigenvalue weighted by atomic mass is 19.1. The first-order valence-electron chi connectivity index (χ1n) is 5.38. The molecule has 0 saturated carbocycles. The molecule has 8 heteroatoms. The predicted molar refractivity (Wildman–Crippen MR) is 68.5 cm³/mol. The summed E-state index contributed by atoms with van der Waals surface area (Å²) in [4.78, 5) is 26.5. The summed E-state index contributed by atoms with van der Waals surface area (Å²) < 4.78 is 12.7. The second-order valence-corrected chi connectivity index (χ2v) is 3.77. The molecular formula is C12H8FN3O4. The van der Waals surface area contributed by atoms with Gasteiger partial charge in [0.1, 0.15) is 11.6 Å². The lowest BCUT2D eigenvalue weighted by molar-refractivity contribution is -0.387. The van der Waals surface area contributed by atoms with E-state index in [0.717, 1.165) is 0 Å². The SMILES string of the molecule is O=c1[nH]c(/C=C\c2ccc(F)cc2)nc(O)c1[N+](=O)[O-]. The van der Waals surface area contributed by atoms with Crippen LogP contribution >= 0.6 is 0 Å². The molecule has 0 atom stereocenters. The van der Waals surface area contributed by atoms with Gasteiger partial charge in [-0.2, -0.15) is 4.98 Å². The third kappa shape index (κ3) is 2.86. The van der Waals surface area contributed by atoms with E-state index in [9.17, 15) is 24.4 Å². The summed E-state index contributed by atoms with van der Waals surface area (Å²) in [5.41, 5.74) is -1.43. The van der Waals surface area contributed by atoms with Crippen LogP contribution in [0.4, 0.5) is 10.1 Å². The summed E-state index contributed by atoms with van der Waals surface area (Å²) in [5, 5.41) is 19.8. The molecule has 0 aliphatic heterocycles. The second-order valence-electron chi connectivity index (χ2n) is 3.77. The second kappa shape index (κ2) is 5.31. The maximum Gasteiger partial charge on any atom is 0.395 e. The molecule has 0 fully saturated rings. The van der Waals surface area contributed by atoms with Crippen molar-refractivity contribution in [2.75, 3.05) is 0 Å². The highest BCUT2D eigenvalue weighted by Gasteiger charge is 2.21. The van der Waals surface area contributed by atoms with Gasteiger partial charge in [0.15, 0.2) is 0 Å². The zero-order valence-electron chi connectivity index (χ0n) is 9.91. The van der Waals surface area contributed by atoms with Crippen LogP contribution in [0, 0.1) is 15.9 Å². The van der Waals surface area contributed by atoms with Gasteiger partial charge in [-0.15, -0.1) is 0 Å². The fraction of sp³-hybridized carbons (Fsp3) is 0. The lowest BCUT2D eigenvalue weighted by Crippen LogP contribution is -2.14. The van der Waals surface area contributed by atoms with E-state index in [1.807, 2.05) is 0 Å². The normalized spacial score (nSPS) is 10.8. The molecule has 7 nitrogen and oxygen atoms in total. The molecule has 0 bridgehead atoms. The minimum Gasteiger partial charge on any atom is -0.488 e. The summed E-state index contributed by atoms with van der Waals surface area (Å²) in [6.45, 7) is 0. The first-order chi connectivity index (χ1) is 9.47. The Kier molecular flexibility index (Phi) is 3.56. The van der Waals surface area contributed by atoms with Crippen molar-refractivity contribution < 1.29 is 14.4 Å². The average molecular weight is 277 g/mol. The highest BCUT2D eigenvalue weighted by molar-refractivity contribution is 5.66. The Bertz CT molecular complexity index is 737. The third-order valence-corrected chi connectivity index (χ3v) is 2.38. The lowest BCUT2D eigenvalue weighted by atomic mass is 10.2. The Hall–Kier alpha value is -3.03. The van der Waals surface area contributed by atoms with Crippen molar-refractivity contribution in [3.8, 4) is 5.88 Å². The first-order valence-corrected chi connectivity index (χ1v) is 5.38. The molecule has 0 aliphatic carbocycles.